The van der Waals surface area contributed by atoms with E-state index in [9.17, 15) is 14.4 Å². The van der Waals surface area contributed by atoms with Gasteiger partial charge in [0.2, 0.25) is 11.8 Å². The van der Waals surface area contributed by atoms with Crippen LogP contribution in [0.2, 0.25) is 0 Å². The van der Waals surface area contributed by atoms with Crippen molar-refractivity contribution in [3.63, 3.8) is 0 Å². The number of benzene rings is 2. The summed E-state index contributed by atoms with van der Waals surface area (Å²) in [6.07, 6.45) is 2.33. The average molecular weight is 480 g/mol. The Labute approximate surface area is 207 Å². The smallest absolute Gasteiger partial charge is 0.251 e. The molecule has 35 heavy (non-hydrogen) atoms. The number of rotatable bonds is 11. The molecule has 0 saturated carbocycles. The zero-order valence-electron chi connectivity index (χ0n) is 20.4. The molecule has 0 bridgehead atoms. The molecular weight excluding hydrogens is 442 g/mol. The minimum absolute atomic E-state index is 0.0865. The van der Waals surface area contributed by atoms with E-state index < -0.39 is 12.1 Å². The van der Waals surface area contributed by atoms with Gasteiger partial charge in [-0.25, -0.2) is 0 Å². The molecule has 2 aromatic carbocycles. The summed E-state index contributed by atoms with van der Waals surface area (Å²) in [5.41, 5.74) is 7.05. The fourth-order valence-electron chi connectivity index (χ4n) is 4.27. The van der Waals surface area contributed by atoms with Gasteiger partial charge in [-0.1, -0.05) is 48.5 Å². The van der Waals surface area contributed by atoms with Crippen molar-refractivity contribution in [1.82, 2.24) is 20.9 Å². The second kappa shape index (κ2) is 13.6. The summed E-state index contributed by atoms with van der Waals surface area (Å²) in [4.78, 5) is 41.5. The highest BCUT2D eigenvalue weighted by Crippen LogP contribution is 2.11. The standard InChI is InChI=1S/C27H37N5O3/c1-20-19-32(17-16-29-20)27(35)23(14-8-9-15-28)30-26(34)24(18-21-10-4-2-5-11-21)31-25(33)22-12-6-3-7-13-22/h2-7,10-13,20,23-24,29H,8-9,14-19,28H2,1H3,(H,30,34)(H,31,33)/t20-,23?,24?/m1/s1. The number of nitrogens with two attached hydrogens (primary N) is 1. The van der Waals surface area contributed by atoms with E-state index in [1.54, 1.807) is 24.3 Å². The third-order valence-electron chi connectivity index (χ3n) is 6.18. The molecule has 0 radical (unpaired) electrons. The van der Waals surface area contributed by atoms with E-state index in [0.29, 0.717) is 38.0 Å². The van der Waals surface area contributed by atoms with Gasteiger partial charge >= 0.3 is 0 Å². The summed E-state index contributed by atoms with van der Waals surface area (Å²) >= 11 is 0. The number of carbonyl (C=O) groups excluding carboxylic acids is 3. The van der Waals surface area contributed by atoms with Gasteiger partial charge in [0.25, 0.3) is 5.91 Å². The molecule has 188 valence electrons. The van der Waals surface area contributed by atoms with Gasteiger partial charge in [0.05, 0.1) is 0 Å². The molecule has 5 N–H and O–H groups in total. The van der Waals surface area contributed by atoms with Gasteiger partial charge in [-0.05, 0) is 50.4 Å². The van der Waals surface area contributed by atoms with Gasteiger partial charge in [-0.3, -0.25) is 14.4 Å². The molecule has 1 fully saturated rings. The van der Waals surface area contributed by atoms with Crippen molar-refractivity contribution in [2.24, 2.45) is 5.73 Å². The van der Waals surface area contributed by atoms with Crippen molar-refractivity contribution in [3.8, 4) is 0 Å². The minimum Gasteiger partial charge on any atom is -0.343 e. The molecule has 8 heteroatoms. The van der Waals surface area contributed by atoms with Crippen LogP contribution in [0.1, 0.15) is 42.1 Å². The number of piperazine rings is 1. The fourth-order valence-corrected chi connectivity index (χ4v) is 4.27. The van der Waals surface area contributed by atoms with Crippen LogP contribution in [0.15, 0.2) is 60.7 Å². The Morgan fingerprint density at radius 3 is 2.34 bits per heavy atom. The van der Waals surface area contributed by atoms with Crippen LogP contribution in [0.5, 0.6) is 0 Å². The van der Waals surface area contributed by atoms with Gasteiger partial charge in [-0.2, -0.15) is 0 Å². The zero-order valence-corrected chi connectivity index (χ0v) is 20.4. The van der Waals surface area contributed by atoms with Crippen molar-refractivity contribution >= 4 is 17.7 Å². The second-order valence-electron chi connectivity index (χ2n) is 9.07. The van der Waals surface area contributed by atoms with Gasteiger partial charge in [-0.15, -0.1) is 0 Å². The maximum Gasteiger partial charge on any atom is 0.251 e. The van der Waals surface area contributed by atoms with Gasteiger partial charge in [0.1, 0.15) is 12.1 Å². The molecule has 1 aliphatic heterocycles. The Morgan fingerprint density at radius 2 is 1.69 bits per heavy atom. The highest BCUT2D eigenvalue weighted by atomic mass is 16.2. The lowest BCUT2D eigenvalue weighted by Crippen LogP contribution is -2.58. The Kier molecular flexibility index (Phi) is 10.3. The van der Waals surface area contributed by atoms with Crippen molar-refractivity contribution < 1.29 is 14.4 Å². The predicted octanol–water partition coefficient (Wildman–Crippen LogP) is 1.46. The van der Waals surface area contributed by atoms with Crippen LogP contribution >= 0.6 is 0 Å². The molecule has 3 rings (SSSR count). The second-order valence-corrected chi connectivity index (χ2v) is 9.07. The first-order valence-electron chi connectivity index (χ1n) is 12.4. The lowest BCUT2D eigenvalue weighted by atomic mass is 10.0. The minimum atomic E-state index is -0.822. The van der Waals surface area contributed by atoms with Gasteiger partial charge < -0.3 is 26.6 Å². The zero-order chi connectivity index (χ0) is 25.0. The number of unbranched alkanes of at least 4 members (excludes halogenated alkanes) is 1. The Morgan fingerprint density at radius 1 is 1.00 bits per heavy atom. The first kappa shape index (κ1) is 26.4. The van der Waals surface area contributed by atoms with Crippen LogP contribution in [0.25, 0.3) is 0 Å². The van der Waals surface area contributed by atoms with E-state index in [4.69, 9.17) is 5.73 Å². The maximum atomic E-state index is 13.5. The van der Waals surface area contributed by atoms with E-state index in [2.05, 4.69) is 16.0 Å². The average Bonchev–Trinajstić information content (AvgIpc) is 2.88. The number of hydrogen-bond acceptors (Lipinski definition) is 5. The molecule has 1 aliphatic rings. The number of hydrogen-bond donors (Lipinski definition) is 4. The van der Waals surface area contributed by atoms with Gasteiger partial charge in [0.15, 0.2) is 0 Å². The quantitative estimate of drug-likeness (QED) is 0.364. The lowest BCUT2D eigenvalue weighted by molar-refractivity contribution is -0.138. The molecule has 3 amide bonds. The van der Waals surface area contributed by atoms with Crippen LogP contribution in [0.3, 0.4) is 0 Å². The summed E-state index contributed by atoms with van der Waals surface area (Å²) in [5.74, 6) is -0.785. The van der Waals surface area contributed by atoms with Crippen LogP contribution in [-0.4, -0.2) is 66.9 Å². The van der Waals surface area contributed by atoms with E-state index in [1.165, 1.54) is 0 Å². The third kappa shape index (κ3) is 8.19. The Hall–Kier alpha value is -3.23. The Bertz CT molecular complexity index is 954. The SMILES string of the molecule is C[C@@H]1CN(C(=O)C(CCCCN)NC(=O)C(Cc2ccccc2)NC(=O)c2ccccc2)CCN1. The third-order valence-corrected chi connectivity index (χ3v) is 6.18. The number of nitrogens with zero attached hydrogens (tertiary/aromatic N) is 1. The highest BCUT2D eigenvalue weighted by molar-refractivity contribution is 5.98. The fraction of sp³-hybridized carbons (Fsp3) is 0.444. The van der Waals surface area contributed by atoms with Crippen LogP contribution in [-0.2, 0) is 16.0 Å². The normalized spacial score (nSPS) is 17.3. The number of amides is 3. The summed E-state index contributed by atoms with van der Waals surface area (Å²) in [5, 5.41) is 9.17. The maximum absolute atomic E-state index is 13.5. The highest BCUT2D eigenvalue weighted by Gasteiger charge is 2.31. The molecule has 3 atom stereocenters. The predicted molar refractivity (Wildman–Crippen MR) is 137 cm³/mol. The molecule has 1 heterocycles. The monoisotopic (exact) mass is 479 g/mol. The first-order chi connectivity index (χ1) is 17.0. The molecule has 0 aromatic heterocycles. The first-order valence-corrected chi connectivity index (χ1v) is 12.4. The van der Waals surface area contributed by atoms with Crippen LogP contribution < -0.4 is 21.7 Å². The van der Waals surface area contributed by atoms with Crippen molar-refractivity contribution in [3.05, 3.63) is 71.8 Å². The molecule has 1 saturated heterocycles. The summed E-state index contributed by atoms with van der Waals surface area (Å²) < 4.78 is 0. The van der Waals surface area contributed by atoms with E-state index in [-0.39, 0.29) is 23.8 Å². The van der Waals surface area contributed by atoms with Gasteiger partial charge in [0, 0.05) is 37.7 Å². The van der Waals surface area contributed by atoms with Crippen LogP contribution in [0.4, 0.5) is 0 Å². The number of nitrogens with one attached hydrogen (secondary N) is 3. The topological polar surface area (TPSA) is 117 Å². The molecule has 8 nitrogen and oxygen atoms in total. The Balaban J connectivity index is 1.76. The summed E-state index contributed by atoms with van der Waals surface area (Å²) in [6.45, 7) is 4.49. The number of carbonyl (C=O) groups is 3. The molecule has 2 unspecified atom stereocenters. The lowest BCUT2D eigenvalue weighted by Gasteiger charge is -2.35. The van der Waals surface area contributed by atoms with Crippen molar-refractivity contribution in [2.75, 3.05) is 26.2 Å². The van der Waals surface area contributed by atoms with Crippen LogP contribution in [0, 0.1) is 0 Å². The van der Waals surface area contributed by atoms with E-state index >= 15 is 0 Å². The molecule has 0 aliphatic carbocycles. The van der Waals surface area contributed by atoms with Crippen molar-refractivity contribution in [2.45, 2.75) is 50.7 Å². The molecule has 0 spiro atoms. The largest absolute Gasteiger partial charge is 0.343 e. The van der Waals surface area contributed by atoms with Crippen molar-refractivity contribution in [1.29, 1.82) is 0 Å². The van der Waals surface area contributed by atoms with E-state index in [0.717, 1.165) is 24.9 Å². The molecule has 2 aromatic rings. The van der Waals surface area contributed by atoms with E-state index in [1.807, 2.05) is 48.2 Å². The summed E-state index contributed by atoms with van der Waals surface area (Å²) in [6, 6.07) is 17.1. The molecular formula is C27H37N5O3. The summed E-state index contributed by atoms with van der Waals surface area (Å²) in [7, 11) is 0.